The minimum absolute atomic E-state index is 0.0317. The Balaban J connectivity index is 1.35. The van der Waals surface area contributed by atoms with Crippen molar-refractivity contribution in [2.24, 2.45) is 11.8 Å². The third kappa shape index (κ3) is 5.74. The van der Waals surface area contributed by atoms with Gasteiger partial charge in [0, 0.05) is 25.2 Å². The zero-order valence-electron chi connectivity index (χ0n) is 15.4. The van der Waals surface area contributed by atoms with Gasteiger partial charge in [0.25, 0.3) is 0 Å². The highest BCUT2D eigenvalue weighted by atomic mass is 35.5. The molecule has 6 nitrogen and oxygen atoms in total. The highest BCUT2D eigenvalue weighted by Gasteiger charge is 2.31. The van der Waals surface area contributed by atoms with E-state index in [2.05, 4.69) is 10.3 Å². The molecule has 0 aliphatic heterocycles. The summed E-state index contributed by atoms with van der Waals surface area (Å²) in [4.78, 5) is 15.2. The van der Waals surface area contributed by atoms with Gasteiger partial charge in [-0.1, -0.05) is 11.6 Å². The number of halogens is 1. The lowest BCUT2D eigenvalue weighted by atomic mass is 9.83. The van der Waals surface area contributed by atoms with E-state index in [9.17, 15) is 4.79 Å². The van der Waals surface area contributed by atoms with Crippen molar-refractivity contribution >= 4 is 17.5 Å². The van der Waals surface area contributed by atoms with Crippen LogP contribution in [0.2, 0.25) is 5.02 Å². The van der Waals surface area contributed by atoms with Crippen LogP contribution in [0, 0.1) is 11.8 Å². The smallest absolute Gasteiger partial charge is 0.236 e. The van der Waals surface area contributed by atoms with Crippen LogP contribution in [-0.2, 0) is 9.53 Å². The molecule has 3 rings (SSSR count). The monoisotopic (exact) mass is 382 g/mol. The molecule has 2 aliphatic rings. The number of nitrogens with one attached hydrogen (secondary N) is 1. The van der Waals surface area contributed by atoms with Crippen LogP contribution in [0.15, 0.2) is 12.3 Å². The van der Waals surface area contributed by atoms with Gasteiger partial charge in [0.05, 0.1) is 25.9 Å². The maximum Gasteiger partial charge on any atom is 0.236 e. The van der Waals surface area contributed by atoms with Crippen LogP contribution >= 0.6 is 11.6 Å². The van der Waals surface area contributed by atoms with E-state index < -0.39 is 0 Å². The summed E-state index contributed by atoms with van der Waals surface area (Å²) in [6.07, 6.45) is 6.27. The Morgan fingerprint density at radius 1 is 1.31 bits per heavy atom. The number of nitrogens with zero attached hydrogens (tertiary/aromatic N) is 1. The number of amides is 1. The van der Waals surface area contributed by atoms with E-state index in [1.165, 1.54) is 19.8 Å². The Labute approximate surface area is 159 Å². The number of rotatable bonds is 10. The van der Waals surface area contributed by atoms with Crippen molar-refractivity contribution in [2.75, 3.05) is 19.8 Å². The van der Waals surface area contributed by atoms with E-state index in [1.54, 1.807) is 12.3 Å². The van der Waals surface area contributed by atoms with Crippen molar-refractivity contribution in [1.82, 2.24) is 10.3 Å². The maximum absolute atomic E-state index is 11.0. The standard InChI is InChI=1S/C19H27ClN2O4/c1-12(22-13(2)23)9-24-16-7-15(8-16)11-26-19-18(20)17(5-6-21-19)25-10-14-3-4-14/h5-6,12,14-16H,3-4,7-11H2,1-2H3,(H,22,23)/t12-,15?,16?/m0/s1. The van der Waals surface area contributed by atoms with Crippen LogP contribution in [-0.4, -0.2) is 42.9 Å². The number of aromatic nitrogens is 1. The van der Waals surface area contributed by atoms with Gasteiger partial charge in [-0.2, -0.15) is 0 Å². The molecule has 2 fully saturated rings. The van der Waals surface area contributed by atoms with Gasteiger partial charge in [-0.3, -0.25) is 4.79 Å². The quantitative estimate of drug-likeness (QED) is 0.672. The fraction of sp³-hybridized carbons (Fsp3) is 0.684. The number of carbonyl (C=O) groups is 1. The van der Waals surface area contributed by atoms with Gasteiger partial charge in [0.1, 0.15) is 10.8 Å². The van der Waals surface area contributed by atoms with Crippen LogP contribution in [0.25, 0.3) is 0 Å². The summed E-state index contributed by atoms with van der Waals surface area (Å²) in [6, 6.07) is 1.81. The van der Waals surface area contributed by atoms with Gasteiger partial charge in [-0.25, -0.2) is 4.98 Å². The first-order chi connectivity index (χ1) is 12.5. The molecule has 0 bridgehead atoms. The topological polar surface area (TPSA) is 69.7 Å². The summed E-state index contributed by atoms with van der Waals surface area (Å²) in [7, 11) is 0. The van der Waals surface area contributed by atoms with Crippen molar-refractivity contribution in [3.63, 3.8) is 0 Å². The summed E-state index contributed by atoms with van der Waals surface area (Å²) >= 11 is 6.34. The number of hydrogen-bond donors (Lipinski definition) is 1. The van der Waals surface area contributed by atoms with E-state index in [4.69, 9.17) is 25.8 Å². The van der Waals surface area contributed by atoms with Crippen LogP contribution in [0.4, 0.5) is 0 Å². The molecule has 0 aromatic carbocycles. The molecule has 1 N–H and O–H groups in total. The molecule has 1 aromatic heterocycles. The Morgan fingerprint density at radius 3 is 2.73 bits per heavy atom. The summed E-state index contributed by atoms with van der Waals surface area (Å²) in [5, 5.41) is 3.26. The third-order valence-electron chi connectivity index (χ3n) is 4.67. The zero-order valence-corrected chi connectivity index (χ0v) is 16.1. The van der Waals surface area contributed by atoms with Gasteiger partial charge in [0.2, 0.25) is 11.8 Å². The first kappa shape index (κ1) is 19.2. The summed E-state index contributed by atoms with van der Waals surface area (Å²) < 4.78 is 17.3. The molecule has 7 heteroatoms. The molecular formula is C19H27ClN2O4. The molecule has 26 heavy (non-hydrogen) atoms. The average Bonchev–Trinajstić information content (AvgIpc) is 3.36. The average molecular weight is 383 g/mol. The fourth-order valence-electron chi connectivity index (χ4n) is 2.92. The van der Waals surface area contributed by atoms with E-state index >= 15 is 0 Å². The molecule has 144 valence electrons. The third-order valence-corrected chi connectivity index (χ3v) is 5.02. The van der Waals surface area contributed by atoms with Crippen LogP contribution in [0.3, 0.4) is 0 Å². The summed E-state index contributed by atoms with van der Waals surface area (Å²) in [6.45, 7) is 5.26. The van der Waals surface area contributed by atoms with Crippen LogP contribution in [0.1, 0.15) is 39.5 Å². The molecule has 1 atom stereocenters. The Bertz CT molecular complexity index is 618. The highest BCUT2D eigenvalue weighted by molar-refractivity contribution is 6.33. The Morgan fingerprint density at radius 2 is 2.04 bits per heavy atom. The second-order valence-corrected chi connectivity index (χ2v) is 7.77. The van der Waals surface area contributed by atoms with Gasteiger partial charge >= 0.3 is 0 Å². The van der Waals surface area contributed by atoms with Gasteiger partial charge in [-0.05, 0) is 44.4 Å². The minimum Gasteiger partial charge on any atom is -0.491 e. The lowest BCUT2D eigenvalue weighted by Gasteiger charge is -2.35. The van der Waals surface area contributed by atoms with Crippen molar-refractivity contribution in [3.05, 3.63) is 17.3 Å². The fourth-order valence-corrected chi connectivity index (χ4v) is 3.15. The lowest BCUT2D eigenvalue weighted by Crippen LogP contribution is -2.40. The first-order valence-corrected chi connectivity index (χ1v) is 9.68. The molecule has 0 spiro atoms. The molecule has 0 unspecified atom stereocenters. The van der Waals surface area contributed by atoms with E-state index in [0.717, 1.165) is 12.8 Å². The molecule has 0 radical (unpaired) electrons. The SMILES string of the molecule is CC(=O)N[C@@H](C)COC1CC(COc2nccc(OCC3CC3)c2Cl)C1. The van der Waals surface area contributed by atoms with Crippen LogP contribution in [0.5, 0.6) is 11.6 Å². The summed E-state index contributed by atoms with van der Waals surface area (Å²) in [5.41, 5.74) is 0. The van der Waals surface area contributed by atoms with Crippen molar-refractivity contribution in [3.8, 4) is 11.6 Å². The number of pyridine rings is 1. The minimum atomic E-state index is -0.0336. The Kier molecular flexibility index (Phi) is 6.59. The van der Waals surface area contributed by atoms with Crippen LogP contribution < -0.4 is 14.8 Å². The number of carbonyl (C=O) groups excluding carboxylic acids is 1. The molecule has 0 saturated heterocycles. The summed E-state index contributed by atoms with van der Waals surface area (Å²) in [5.74, 6) is 2.15. The van der Waals surface area contributed by atoms with Gasteiger partial charge in [-0.15, -0.1) is 0 Å². The molecule has 1 heterocycles. The first-order valence-electron chi connectivity index (χ1n) is 9.30. The molecule has 1 aromatic rings. The molecular weight excluding hydrogens is 356 g/mol. The second-order valence-electron chi connectivity index (χ2n) is 7.39. The van der Waals surface area contributed by atoms with E-state index in [0.29, 0.717) is 48.3 Å². The van der Waals surface area contributed by atoms with Gasteiger partial charge < -0.3 is 19.5 Å². The van der Waals surface area contributed by atoms with E-state index in [1.807, 2.05) is 6.92 Å². The number of hydrogen-bond acceptors (Lipinski definition) is 5. The van der Waals surface area contributed by atoms with Gasteiger partial charge in [0.15, 0.2) is 0 Å². The number of ether oxygens (including phenoxy) is 3. The highest BCUT2D eigenvalue weighted by Crippen LogP contribution is 2.36. The van der Waals surface area contributed by atoms with Crippen molar-refractivity contribution in [2.45, 2.75) is 51.7 Å². The largest absolute Gasteiger partial charge is 0.491 e. The zero-order chi connectivity index (χ0) is 18.5. The molecule has 2 aliphatic carbocycles. The molecule has 1 amide bonds. The predicted molar refractivity (Wildman–Crippen MR) is 98.7 cm³/mol. The lowest BCUT2D eigenvalue weighted by molar-refractivity contribution is -0.120. The maximum atomic E-state index is 11.0. The second kappa shape index (κ2) is 8.91. The van der Waals surface area contributed by atoms with Crippen molar-refractivity contribution < 1.29 is 19.0 Å². The normalized spacial score (nSPS) is 23.0. The van der Waals surface area contributed by atoms with E-state index in [-0.39, 0.29) is 18.1 Å². The predicted octanol–water partition coefficient (Wildman–Crippen LogP) is 3.22. The molecule has 2 saturated carbocycles. The van der Waals surface area contributed by atoms with Crippen molar-refractivity contribution in [1.29, 1.82) is 0 Å². The Hall–Kier alpha value is -1.53.